The fourth-order valence-corrected chi connectivity index (χ4v) is 4.13. The van der Waals surface area contributed by atoms with Gasteiger partial charge in [0.05, 0.1) is 18.4 Å². The second-order valence-electron chi connectivity index (χ2n) is 7.94. The normalized spacial score (nSPS) is 17.6. The lowest BCUT2D eigenvalue weighted by atomic mass is 10.00. The maximum atomic E-state index is 13.1. The van der Waals surface area contributed by atoms with E-state index in [9.17, 15) is 18.3 Å². The molecular weight excluding hydrogens is 425 g/mol. The third-order valence-electron chi connectivity index (χ3n) is 5.73. The molecule has 10 heteroatoms. The first kappa shape index (κ1) is 22.2. The summed E-state index contributed by atoms with van der Waals surface area (Å²) >= 11 is 0. The van der Waals surface area contributed by atoms with Gasteiger partial charge in [-0.05, 0) is 50.6 Å². The number of aromatic nitrogens is 2. The van der Waals surface area contributed by atoms with Crippen LogP contribution in [0, 0.1) is 6.92 Å². The molecule has 0 amide bonds. The number of fused-ring (bicyclic) bond motifs is 1. The molecule has 172 valence electrons. The zero-order chi connectivity index (χ0) is 23.0. The Balaban J connectivity index is 1.70. The molecule has 4 rings (SSSR count). The summed E-state index contributed by atoms with van der Waals surface area (Å²) < 4.78 is 50.5. The third kappa shape index (κ3) is 4.32. The minimum absolute atomic E-state index is 0.182. The van der Waals surface area contributed by atoms with Gasteiger partial charge < -0.3 is 24.5 Å². The highest BCUT2D eigenvalue weighted by molar-refractivity contribution is 5.83. The number of methoxy groups -OCH3 is 1. The van der Waals surface area contributed by atoms with Crippen LogP contribution in [0.4, 0.5) is 19.2 Å². The predicted molar refractivity (Wildman–Crippen MR) is 114 cm³/mol. The van der Waals surface area contributed by atoms with E-state index in [0.29, 0.717) is 23.4 Å². The van der Waals surface area contributed by atoms with Crippen LogP contribution in [0.5, 0.6) is 11.5 Å². The molecule has 1 aliphatic heterocycles. The summed E-state index contributed by atoms with van der Waals surface area (Å²) in [5, 5.41) is 13.7. The van der Waals surface area contributed by atoms with Crippen LogP contribution in [0.25, 0.3) is 22.5 Å². The number of likely N-dealkylation sites (tertiary alicyclic amines) is 1. The van der Waals surface area contributed by atoms with Crippen LogP contribution in [-0.4, -0.2) is 52.8 Å². The first-order valence-corrected chi connectivity index (χ1v) is 10.4. The van der Waals surface area contributed by atoms with E-state index >= 15 is 0 Å². The number of halogens is 3. The minimum atomic E-state index is -4.56. The second-order valence-corrected chi connectivity index (χ2v) is 7.94. The first-order valence-electron chi connectivity index (χ1n) is 10.4. The Labute approximate surface area is 183 Å². The van der Waals surface area contributed by atoms with Crippen molar-refractivity contribution in [1.82, 2.24) is 14.9 Å². The maximum absolute atomic E-state index is 13.1. The van der Waals surface area contributed by atoms with Gasteiger partial charge >= 0.3 is 6.18 Å². The molecule has 0 aliphatic carbocycles. The van der Waals surface area contributed by atoms with Crippen molar-refractivity contribution in [2.45, 2.75) is 38.9 Å². The van der Waals surface area contributed by atoms with Crippen molar-refractivity contribution < 1.29 is 27.4 Å². The fraction of sp³-hybridized carbons (Fsp3) is 0.455. The number of likely N-dealkylation sites (N-methyl/N-ethyl adjacent to an activating group) is 1. The quantitative estimate of drug-likeness (QED) is 0.576. The van der Waals surface area contributed by atoms with E-state index in [1.807, 2.05) is 0 Å². The number of nitrogens with one attached hydrogen (secondary N) is 1. The molecule has 1 atom stereocenters. The van der Waals surface area contributed by atoms with E-state index in [2.05, 4.69) is 27.1 Å². The van der Waals surface area contributed by atoms with Crippen LogP contribution >= 0.6 is 0 Å². The molecule has 1 fully saturated rings. The van der Waals surface area contributed by atoms with E-state index in [1.54, 1.807) is 0 Å². The lowest BCUT2D eigenvalue weighted by molar-refractivity contribution is -0.137. The number of alkyl halides is 3. The Kier molecular flexibility index (Phi) is 5.89. The minimum Gasteiger partial charge on any atom is -0.507 e. The van der Waals surface area contributed by atoms with Gasteiger partial charge in [-0.1, -0.05) is 6.92 Å². The van der Waals surface area contributed by atoms with Gasteiger partial charge in [0, 0.05) is 24.2 Å². The number of pyridine rings is 1. The molecule has 7 nitrogen and oxygen atoms in total. The van der Waals surface area contributed by atoms with E-state index in [-0.39, 0.29) is 28.5 Å². The fourth-order valence-electron chi connectivity index (χ4n) is 4.13. The molecule has 2 N–H and O–H groups in total. The molecule has 0 bridgehead atoms. The molecule has 3 heterocycles. The number of nitrogens with zero attached hydrogens (tertiary/aromatic N) is 3. The summed E-state index contributed by atoms with van der Waals surface area (Å²) in [5.74, 6) is -0.196. The molecule has 0 spiro atoms. The molecule has 32 heavy (non-hydrogen) atoms. The van der Waals surface area contributed by atoms with Crippen molar-refractivity contribution in [1.29, 1.82) is 0 Å². The Bertz CT molecular complexity index is 1110. The zero-order valence-corrected chi connectivity index (χ0v) is 18.1. The molecular formula is C22H25F3N4O3. The van der Waals surface area contributed by atoms with E-state index in [0.717, 1.165) is 38.5 Å². The monoisotopic (exact) mass is 450 g/mol. The summed E-state index contributed by atoms with van der Waals surface area (Å²) in [6.07, 6.45) is -2.50. The Morgan fingerprint density at radius 1 is 1.28 bits per heavy atom. The van der Waals surface area contributed by atoms with Crippen LogP contribution in [0.15, 0.2) is 22.6 Å². The summed E-state index contributed by atoms with van der Waals surface area (Å²) in [5.41, 5.74) is 0.296. The number of hydrogen-bond acceptors (Lipinski definition) is 7. The highest BCUT2D eigenvalue weighted by Gasteiger charge is 2.32. The van der Waals surface area contributed by atoms with Gasteiger partial charge in [0.2, 0.25) is 11.2 Å². The van der Waals surface area contributed by atoms with Crippen molar-refractivity contribution >= 4 is 17.2 Å². The second kappa shape index (κ2) is 8.50. The number of aromatic hydroxyl groups is 1. The Morgan fingerprint density at radius 2 is 2.06 bits per heavy atom. The average Bonchev–Trinajstić information content (AvgIpc) is 3.14. The Hall–Kier alpha value is -3.01. The van der Waals surface area contributed by atoms with E-state index in [1.165, 1.54) is 20.1 Å². The first-order chi connectivity index (χ1) is 15.2. The Morgan fingerprint density at radius 3 is 2.72 bits per heavy atom. The molecule has 1 aromatic carbocycles. The number of benzene rings is 1. The standard InChI is InChI=1S/C22H25F3N4O3/c1-4-29-7-5-6-14(11-29)26-21-28-20-19(32-21)17(31-3)10-15(27-20)18-12(2)8-13(9-16(18)30)22(23,24)25/h8-10,14,30H,4-7,11H2,1-3H3,(H,26,27,28)/t14-/m1/s1. The number of anilines is 1. The summed E-state index contributed by atoms with van der Waals surface area (Å²) in [7, 11) is 1.45. The number of oxazole rings is 1. The number of hydrogen-bond donors (Lipinski definition) is 2. The third-order valence-corrected chi connectivity index (χ3v) is 5.73. The van der Waals surface area contributed by atoms with Crippen LogP contribution in [0.1, 0.15) is 30.9 Å². The van der Waals surface area contributed by atoms with Crippen molar-refractivity contribution in [3.05, 3.63) is 29.3 Å². The van der Waals surface area contributed by atoms with Gasteiger partial charge in [-0.2, -0.15) is 18.2 Å². The molecule has 0 unspecified atom stereocenters. The van der Waals surface area contributed by atoms with Gasteiger partial charge in [-0.25, -0.2) is 4.98 Å². The van der Waals surface area contributed by atoms with Crippen LogP contribution in [0.3, 0.4) is 0 Å². The van der Waals surface area contributed by atoms with Gasteiger partial charge in [-0.15, -0.1) is 0 Å². The summed E-state index contributed by atoms with van der Waals surface area (Å²) in [4.78, 5) is 11.2. The van der Waals surface area contributed by atoms with Crippen LogP contribution in [-0.2, 0) is 6.18 Å². The van der Waals surface area contributed by atoms with Crippen molar-refractivity contribution in [2.24, 2.45) is 0 Å². The van der Waals surface area contributed by atoms with Gasteiger partial charge in [0.25, 0.3) is 6.01 Å². The van der Waals surface area contributed by atoms with E-state index < -0.39 is 17.5 Å². The summed E-state index contributed by atoms with van der Waals surface area (Å²) in [6.45, 7) is 6.53. The number of ether oxygens (including phenoxy) is 1. The molecule has 2 aromatic heterocycles. The highest BCUT2D eigenvalue weighted by atomic mass is 19.4. The topological polar surface area (TPSA) is 83.7 Å². The summed E-state index contributed by atoms with van der Waals surface area (Å²) in [6, 6.07) is 3.68. The van der Waals surface area contributed by atoms with Crippen molar-refractivity contribution in [3.63, 3.8) is 0 Å². The largest absolute Gasteiger partial charge is 0.507 e. The number of rotatable bonds is 5. The maximum Gasteiger partial charge on any atom is 0.416 e. The lowest BCUT2D eigenvalue weighted by Crippen LogP contribution is -2.41. The van der Waals surface area contributed by atoms with Gasteiger partial charge in [0.1, 0.15) is 5.75 Å². The number of phenolic OH excluding ortho intramolecular Hbond substituents is 1. The highest BCUT2D eigenvalue weighted by Crippen LogP contribution is 2.40. The van der Waals surface area contributed by atoms with Crippen molar-refractivity contribution in [2.75, 3.05) is 32.1 Å². The lowest BCUT2D eigenvalue weighted by Gasteiger charge is -2.31. The van der Waals surface area contributed by atoms with Crippen molar-refractivity contribution in [3.8, 4) is 22.8 Å². The number of phenols is 1. The number of aryl methyl sites for hydroxylation is 1. The molecule has 1 aliphatic rings. The SMILES string of the molecule is CCN1CCC[C@@H](Nc2nc3nc(-c4c(C)cc(C(F)(F)F)cc4O)cc(OC)c3o2)C1. The molecule has 0 saturated carbocycles. The molecule has 1 saturated heterocycles. The van der Waals surface area contributed by atoms with E-state index in [4.69, 9.17) is 9.15 Å². The van der Waals surface area contributed by atoms with Crippen LogP contribution < -0.4 is 10.1 Å². The molecule has 3 aromatic rings. The zero-order valence-electron chi connectivity index (χ0n) is 18.1. The smallest absolute Gasteiger partial charge is 0.416 e. The predicted octanol–water partition coefficient (Wildman–Crippen LogP) is 4.83. The van der Waals surface area contributed by atoms with Gasteiger partial charge in [0.15, 0.2) is 5.75 Å². The molecule has 0 radical (unpaired) electrons. The number of piperidine rings is 1. The van der Waals surface area contributed by atoms with Crippen LogP contribution in [0.2, 0.25) is 0 Å². The average molecular weight is 450 g/mol. The van der Waals surface area contributed by atoms with Gasteiger partial charge in [-0.3, -0.25) is 0 Å².